The molecule has 5 nitrogen and oxygen atoms in total. The highest BCUT2D eigenvalue weighted by molar-refractivity contribution is 5.97. The summed E-state index contributed by atoms with van der Waals surface area (Å²) in [5, 5.41) is 12.0. The fourth-order valence-electron chi connectivity index (χ4n) is 2.80. The molecule has 2 N–H and O–H groups in total. The number of hydrogen-bond acceptors (Lipinski definition) is 3. The molecular formula is C19H23NO4. The molecule has 0 fully saturated rings. The molecule has 1 unspecified atom stereocenters. The summed E-state index contributed by atoms with van der Waals surface area (Å²) in [4.78, 5) is 23.6. The van der Waals surface area contributed by atoms with E-state index in [-0.39, 0.29) is 24.1 Å². The van der Waals surface area contributed by atoms with Crippen LogP contribution in [0.5, 0.6) is 0 Å². The van der Waals surface area contributed by atoms with Crippen LogP contribution < -0.4 is 5.32 Å². The Kier molecular flexibility index (Phi) is 6.18. The molecule has 0 bridgehead atoms. The predicted octanol–water partition coefficient (Wildman–Crippen LogP) is 3.36. The Labute approximate surface area is 141 Å². The van der Waals surface area contributed by atoms with Gasteiger partial charge in [0, 0.05) is 11.6 Å². The second-order valence-electron chi connectivity index (χ2n) is 5.94. The first-order valence-corrected chi connectivity index (χ1v) is 8.14. The minimum Gasteiger partial charge on any atom is -0.481 e. The third-order valence-electron chi connectivity index (χ3n) is 3.89. The Morgan fingerprint density at radius 2 is 1.96 bits per heavy atom. The van der Waals surface area contributed by atoms with E-state index in [4.69, 9.17) is 9.52 Å². The summed E-state index contributed by atoms with van der Waals surface area (Å²) in [6.07, 6.45) is 3.68. The van der Waals surface area contributed by atoms with Crippen molar-refractivity contribution in [1.82, 2.24) is 5.32 Å². The van der Waals surface area contributed by atoms with Gasteiger partial charge in [-0.3, -0.25) is 9.59 Å². The number of amides is 1. The standard InChI is InChI=1S/C19H23NO4/c1-3-7-15(10-14-8-5-4-6-9-14)20-19(23)18-13(2)12-24-16(18)11-17(21)22/h4-6,8-9,12,15H,3,7,10-11H2,1-2H3,(H,20,23)(H,21,22). The smallest absolute Gasteiger partial charge is 0.311 e. The van der Waals surface area contributed by atoms with Crippen LogP contribution in [0.15, 0.2) is 41.0 Å². The molecule has 1 heterocycles. The van der Waals surface area contributed by atoms with Gasteiger partial charge in [0.1, 0.15) is 12.2 Å². The number of carbonyl (C=O) groups is 2. The summed E-state index contributed by atoms with van der Waals surface area (Å²) in [5.41, 5.74) is 2.15. The second kappa shape index (κ2) is 8.34. The van der Waals surface area contributed by atoms with E-state index in [0.717, 1.165) is 24.8 Å². The first-order chi connectivity index (χ1) is 11.5. The highest BCUT2D eigenvalue weighted by Crippen LogP contribution is 2.18. The van der Waals surface area contributed by atoms with Gasteiger partial charge < -0.3 is 14.8 Å². The van der Waals surface area contributed by atoms with Crippen molar-refractivity contribution in [1.29, 1.82) is 0 Å². The van der Waals surface area contributed by atoms with E-state index in [2.05, 4.69) is 12.2 Å². The second-order valence-corrected chi connectivity index (χ2v) is 5.94. The average Bonchev–Trinajstić information content (AvgIpc) is 2.88. The van der Waals surface area contributed by atoms with Crippen LogP contribution in [0.1, 0.15) is 47.0 Å². The van der Waals surface area contributed by atoms with Gasteiger partial charge in [-0.2, -0.15) is 0 Å². The topological polar surface area (TPSA) is 79.5 Å². The largest absolute Gasteiger partial charge is 0.481 e. The van der Waals surface area contributed by atoms with Crippen molar-refractivity contribution in [2.24, 2.45) is 0 Å². The highest BCUT2D eigenvalue weighted by atomic mass is 16.4. The first-order valence-electron chi connectivity index (χ1n) is 8.14. The van der Waals surface area contributed by atoms with Crippen molar-refractivity contribution in [2.45, 2.75) is 45.6 Å². The fourth-order valence-corrected chi connectivity index (χ4v) is 2.80. The van der Waals surface area contributed by atoms with Gasteiger partial charge in [0.2, 0.25) is 0 Å². The predicted molar refractivity (Wildman–Crippen MR) is 91.1 cm³/mol. The van der Waals surface area contributed by atoms with Crippen LogP contribution in [-0.2, 0) is 17.6 Å². The maximum atomic E-state index is 12.6. The number of carbonyl (C=O) groups excluding carboxylic acids is 1. The van der Waals surface area contributed by atoms with Gasteiger partial charge in [0.15, 0.2) is 0 Å². The summed E-state index contributed by atoms with van der Waals surface area (Å²) in [7, 11) is 0. The van der Waals surface area contributed by atoms with Crippen LogP contribution in [0.4, 0.5) is 0 Å². The van der Waals surface area contributed by atoms with Gasteiger partial charge in [-0.1, -0.05) is 43.7 Å². The third-order valence-corrected chi connectivity index (χ3v) is 3.89. The summed E-state index contributed by atoms with van der Waals surface area (Å²) in [6, 6.07) is 9.99. The Morgan fingerprint density at radius 1 is 1.25 bits per heavy atom. The Balaban J connectivity index is 2.13. The number of nitrogens with one attached hydrogen (secondary N) is 1. The molecule has 0 aliphatic heterocycles. The van der Waals surface area contributed by atoms with Gasteiger partial charge in [-0.15, -0.1) is 0 Å². The van der Waals surface area contributed by atoms with E-state index in [1.54, 1.807) is 6.92 Å². The fraction of sp³-hybridized carbons (Fsp3) is 0.368. The highest BCUT2D eigenvalue weighted by Gasteiger charge is 2.22. The van der Waals surface area contributed by atoms with Crippen molar-refractivity contribution >= 4 is 11.9 Å². The monoisotopic (exact) mass is 329 g/mol. The van der Waals surface area contributed by atoms with Crippen LogP contribution >= 0.6 is 0 Å². The third kappa shape index (κ3) is 4.72. The lowest BCUT2D eigenvalue weighted by molar-refractivity contribution is -0.136. The van der Waals surface area contributed by atoms with Crippen LogP contribution in [0, 0.1) is 6.92 Å². The molecule has 0 aliphatic rings. The van der Waals surface area contributed by atoms with Gasteiger partial charge in [0.25, 0.3) is 5.91 Å². The molecule has 0 saturated carbocycles. The molecule has 2 aromatic rings. The zero-order valence-corrected chi connectivity index (χ0v) is 14.0. The number of carboxylic acid groups (broad SMARTS) is 1. The number of rotatable bonds is 8. The normalized spacial score (nSPS) is 11.9. The van der Waals surface area contributed by atoms with Crippen LogP contribution in [-0.4, -0.2) is 23.0 Å². The molecule has 2 rings (SSSR count). The van der Waals surface area contributed by atoms with Crippen molar-refractivity contribution < 1.29 is 19.1 Å². The quantitative estimate of drug-likeness (QED) is 0.778. The SMILES string of the molecule is CCCC(Cc1ccccc1)NC(=O)c1c(C)coc1CC(=O)O. The molecule has 0 spiro atoms. The number of carboxylic acids is 1. The Bertz CT molecular complexity index is 691. The van der Waals surface area contributed by atoms with Crippen molar-refractivity contribution in [3.8, 4) is 0 Å². The van der Waals surface area contributed by atoms with E-state index >= 15 is 0 Å². The molecule has 24 heavy (non-hydrogen) atoms. The number of aryl methyl sites for hydroxylation is 1. The van der Waals surface area contributed by atoms with Crippen LogP contribution in [0.2, 0.25) is 0 Å². The summed E-state index contributed by atoms with van der Waals surface area (Å²) >= 11 is 0. The van der Waals surface area contributed by atoms with E-state index in [1.807, 2.05) is 30.3 Å². The van der Waals surface area contributed by atoms with Gasteiger partial charge in [0.05, 0.1) is 11.8 Å². The van der Waals surface area contributed by atoms with Crippen molar-refractivity contribution in [3.05, 3.63) is 59.0 Å². The molecule has 0 radical (unpaired) electrons. The number of hydrogen-bond donors (Lipinski definition) is 2. The van der Waals surface area contributed by atoms with Gasteiger partial charge in [-0.25, -0.2) is 0 Å². The number of benzene rings is 1. The van der Waals surface area contributed by atoms with Crippen LogP contribution in [0.25, 0.3) is 0 Å². The maximum Gasteiger partial charge on any atom is 0.311 e. The van der Waals surface area contributed by atoms with E-state index in [1.165, 1.54) is 6.26 Å². The summed E-state index contributed by atoms with van der Waals surface area (Å²) < 4.78 is 5.25. The molecular weight excluding hydrogens is 306 g/mol. The van der Waals surface area contributed by atoms with Crippen molar-refractivity contribution in [2.75, 3.05) is 0 Å². The molecule has 1 aromatic heterocycles. The molecule has 0 saturated heterocycles. The minimum absolute atomic E-state index is 0.00289. The minimum atomic E-state index is -1.02. The first kappa shape index (κ1) is 17.8. The Morgan fingerprint density at radius 3 is 2.58 bits per heavy atom. The van der Waals surface area contributed by atoms with E-state index in [0.29, 0.717) is 11.1 Å². The molecule has 1 atom stereocenters. The van der Waals surface area contributed by atoms with E-state index in [9.17, 15) is 9.59 Å². The molecule has 1 amide bonds. The van der Waals surface area contributed by atoms with Gasteiger partial charge >= 0.3 is 5.97 Å². The summed E-state index contributed by atoms with van der Waals surface area (Å²) in [6.45, 7) is 3.82. The van der Waals surface area contributed by atoms with Gasteiger partial charge in [-0.05, 0) is 25.3 Å². The lowest BCUT2D eigenvalue weighted by Crippen LogP contribution is -2.37. The van der Waals surface area contributed by atoms with E-state index < -0.39 is 5.97 Å². The molecule has 0 aliphatic carbocycles. The molecule has 5 heteroatoms. The Hall–Kier alpha value is -2.56. The zero-order chi connectivity index (χ0) is 17.5. The maximum absolute atomic E-state index is 12.6. The number of furan rings is 1. The lowest BCUT2D eigenvalue weighted by Gasteiger charge is -2.18. The number of aliphatic carboxylic acids is 1. The molecule has 1 aromatic carbocycles. The van der Waals surface area contributed by atoms with Crippen molar-refractivity contribution in [3.63, 3.8) is 0 Å². The lowest BCUT2D eigenvalue weighted by atomic mass is 10.0. The molecule has 128 valence electrons. The van der Waals surface area contributed by atoms with Crippen LogP contribution in [0.3, 0.4) is 0 Å². The summed E-state index contributed by atoms with van der Waals surface area (Å²) in [5.74, 6) is -1.09. The average molecular weight is 329 g/mol. The zero-order valence-electron chi connectivity index (χ0n) is 14.0.